The van der Waals surface area contributed by atoms with E-state index in [1.54, 1.807) is 42.6 Å². The number of carbonyl (C=O) groups excluding carboxylic acids is 2. The molecule has 0 spiro atoms. The van der Waals surface area contributed by atoms with Crippen LogP contribution in [0.5, 0.6) is 0 Å². The van der Waals surface area contributed by atoms with Crippen molar-refractivity contribution in [2.24, 2.45) is 5.92 Å². The Morgan fingerprint density at radius 1 is 1.08 bits per heavy atom. The highest BCUT2D eigenvalue weighted by atomic mass is 35.5. The van der Waals surface area contributed by atoms with Gasteiger partial charge in [0.05, 0.1) is 10.9 Å². The molecule has 2 amide bonds. The van der Waals surface area contributed by atoms with Gasteiger partial charge in [0.15, 0.2) is 15.7 Å². The second kappa shape index (κ2) is 11.2. The Labute approximate surface area is 229 Å². The molecule has 38 heavy (non-hydrogen) atoms. The SMILES string of the molecule is CS(=O)(=O)C1CN(c2ncccc2NC(=O)c2cccc(Cl)c2)CCC1CC(=O)N1CCN2CCCC2C1. The van der Waals surface area contributed by atoms with Crippen LogP contribution in [0.3, 0.4) is 0 Å². The van der Waals surface area contributed by atoms with E-state index < -0.39 is 15.1 Å². The number of piperazine rings is 1. The standard InChI is InChI=1S/C27H34ClN5O4S/c1-38(36,37)24-18-33(12-9-19(24)16-25(34)32-14-13-31-11-4-7-22(31)17-32)26-23(8-3-10-29-26)30-27(35)20-5-2-6-21(28)15-20/h2-3,5-6,8,10,15,19,22,24H,4,7,9,11-14,16-18H2,1H3,(H,30,35). The number of anilines is 2. The molecule has 1 N–H and O–H groups in total. The lowest BCUT2D eigenvalue weighted by atomic mass is 9.92. The molecule has 2 aromatic rings. The minimum Gasteiger partial charge on any atom is -0.354 e. The van der Waals surface area contributed by atoms with Crippen molar-refractivity contribution in [1.82, 2.24) is 14.8 Å². The van der Waals surface area contributed by atoms with E-state index in [-0.39, 0.29) is 30.7 Å². The van der Waals surface area contributed by atoms with E-state index in [1.165, 1.54) is 12.7 Å². The summed E-state index contributed by atoms with van der Waals surface area (Å²) < 4.78 is 25.8. The van der Waals surface area contributed by atoms with Gasteiger partial charge in [-0.1, -0.05) is 17.7 Å². The van der Waals surface area contributed by atoms with Crippen LogP contribution in [0, 0.1) is 5.92 Å². The first-order chi connectivity index (χ1) is 18.2. The van der Waals surface area contributed by atoms with Crippen molar-refractivity contribution in [3.05, 3.63) is 53.2 Å². The first kappa shape index (κ1) is 26.9. The Balaban J connectivity index is 1.29. The van der Waals surface area contributed by atoms with E-state index in [0.717, 1.165) is 26.1 Å². The fourth-order valence-electron chi connectivity index (χ4n) is 6.02. The quantitative estimate of drug-likeness (QED) is 0.580. The lowest BCUT2D eigenvalue weighted by Crippen LogP contribution is -2.53. The number of fused-ring (bicyclic) bond motifs is 1. The summed E-state index contributed by atoms with van der Waals surface area (Å²) in [5.74, 6) is -0.0255. The van der Waals surface area contributed by atoms with Crippen molar-refractivity contribution in [1.29, 1.82) is 0 Å². The molecule has 5 rings (SSSR count). The average molecular weight is 560 g/mol. The molecule has 9 nitrogen and oxygen atoms in total. The summed E-state index contributed by atoms with van der Waals surface area (Å²) in [5.41, 5.74) is 0.908. The first-order valence-electron chi connectivity index (χ1n) is 13.2. The third-order valence-corrected chi connectivity index (χ3v) is 9.91. The zero-order chi connectivity index (χ0) is 26.9. The molecule has 3 aliphatic heterocycles. The number of nitrogens with one attached hydrogen (secondary N) is 1. The number of hydrogen-bond donors (Lipinski definition) is 1. The summed E-state index contributed by atoms with van der Waals surface area (Å²) in [7, 11) is -3.44. The minimum absolute atomic E-state index is 0.0518. The third kappa shape index (κ3) is 5.97. The van der Waals surface area contributed by atoms with Gasteiger partial charge in [-0.2, -0.15) is 0 Å². The molecule has 3 atom stereocenters. The van der Waals surface area contributed by atoms with Crippen molar-refractivity contribution in [2.45, 2.75) is 37.0 Å². The number of benzene rings is 1. The summed E-state index contributed by atoms with van der Waals surface area (Å²) in [6.45, 7) is 4.21. The number of carbonyl (C=O) groups is 2. The number of aromatic nitrogens is 1. The molecular weight excluding hydrogens is 526 g/mol. The first-order valence-corrected chi connectivity index (χ1v) is 15.5. The number of sulfone groups is 1. The van der Waals surface area contributed by atoms with Gasteiger partial charge in [-0.15, -0.1) is 0 Å². The Bertz CT molecular complexity index is 1310. The number of hydrogen-bond acceptors (Lipinski definition) is 7. The van der Waals surface area contributed by atoms with Crippen LogP contribution in [0.15, 0.2) is 42.6 Å². The maximum Gasteiger partial charge on any atom is 0.255 e. The summed E-state index contributed by atoms with van der Waals surface area (Å²) in [5, 5.41) is 2.65. The van der Waals surface area contributed by atoms with Crippen molar-refractivity contribution >= 4 is 44.8 Å². The molecule has 0 aliphatic carbocycles. The molecule has 0 radical (unpaired) electrons. The van der Waals surface area contributed by atoms with E-state index >= 15 is 0 Å². The second-order valence-corrected chi connectivity index (χ2v) is 13.3. The molecule has 3 aliphatic rings. The number of halogens is 1. The number of rotatable bonds is 6. The van der Waals surface area contributed by atoms with Gasteiger partial charge >= 0.3 is 0 Å². The van der Waals surface area contributed by atoms with Gasteiger partial charge in [-0.3, -0.25) is 14.5 Å². The summed E-state index contributed by atoms with van der Waals surface area (Å²) >= 11 is 6.04. The zero-order valence-electron chi connectivity index (χ0n) is 21.6. The van der Waals surface area contributed by atoms with Crippen molar-refractivity contribution in [3.63, 3.8) is 0 Å². The highest BCUT2D eigenvalue weighted by Gasteiger charge is 2.40. The number of pyridine rings is 1. The number of nitrogens with zero attached hydrogens (tertiary/aromatic N) is 4. The lowest BCUT2D eigenvalue weighted by Gasteiger charge is -2.41. The van der Waals surface area contributed by atoms with Crippen LogP contribution in [-0.2, 0) is 14.6 Å². The molecule has 4 heterocycles. The molecule has 3 saturated heterocycles. The normalized spacial score (nSPS) is 24.2. The summed E-state index contributed by atoms with van der Waals surface area (Å²) in [4.78, 5) is 36.9. The molecule has 3 fully saturated rings. The van der Waals surface area contributed by atoms with Crippen molar-refractivity contribution < 1.29 is 18.0 Å². The van der Waals surface area contributed by atoms with E-state index in [0.29, 0.717) is 47.6 Å². The number of amides is 2. The Hall–Kier alpha value is -2.69. The Morgan fingerprint density at radius 3 is 2.71 bits per heavy atom. The zero-order valence-corrected chi connectivity index (χ0v) is 23.1. The van der Waals surface area contributed by atoms with E-state index in [9.17, 15) is 18.0 Å². The van der Waals surface area contributed by atoms with Crippen LogP contribution in [0.4, 0.5) is 11.5 Å². The van der Waals surface area contributed by atoms with E-state index in [4.69, 9.17) is 11.6 Å². The van der Waals surface area contributed by atoms with Crippen LogP contribution in [0.2, 0.25) is 5.02 Å². The Morgan fingerprint density at radius 2 is 1.92 bits per heavy atom. The average Bonchev–Trinajstić information content (AvgIpc) is 3.37. The van der Waals surface area contributed by atoms with Gasteiger partial charge in [0, 0.05) is 68.2 Å². The summed E-state index contributed by atoms with van der Waals surface area (Å²) in [6, 6.07) is 10.6. The van der Waals surface area contributed by atoms with Crippen LogP contribution in [0.25, 0.3) is 0 Å². The van der Waals surface area contributed by atoms with Gasteiger partial charge in [0.2, 0.25) is 5.91 Å². The van der Waals surface area contributed by atoms with Crippen molar-refractivity contribution in [2.75, 3.05) is 55.7 Å². The van der Waals surface area contributed by atoms with Gasteiger partial charge in [-0.25, -0.2) is 13.4 Å². The fraction of sp³-hybridized carbons (Fsp3) is 0.519. The summed E-state index contributed by atoms with van der Waals surface area (Å²) in [6.07, 6.45) is 5.95. The lowest BCUT2D eigenvalue weighted by molar-refractivity contribution is -0.134. The maximum atomic E-state index is 13.2. The van der Waals surface area contributed by atoms with Crippen LogP contribution < -0.4 is 10.2 Å². The molecule has 3 unspecified atom stereocenters. The smallest absolute Gasteiger partial charge is 0.255 e. The largest absolute Gasteiger partial charge is 0.354 e. The number of piperidine rings is 1. The minimum atomic E-state index is -3.44. The van der Waals surface area contributed by atoms with Crippen molar-refractivity contribution in [3.8, 4) is 0 Å². The van der Waals surface area contributed by atoms with Crippen LogP contribution in [-0.4, -0.2) is 91.8 Å². The highest BCUT2D eigenvalue weighted by Crippen LogP contribution is 2.33. The predicted molar refractivity (Wildman–Crippen MR) is 148 cm³/mol. The fourth-order valence-corrected chi connectivity index (χ4v) is 7.59. The molecule has 1 aromatic heterocycles. The van der Waals surface area contributed by atoms with Gasteiger partial charge in [0.25, 0.3) is 5.91 Å². The molecule has 11 heteroatoms. The monoisotopic (exact) mass is 559 g/mol. The molecule has 0 saturated carbocycles. The van der Waals surface area contributed by atoms with Crippen LogP contribution >= 0.6 is 11.6 Å². The Kier molecular flexibility index (Phi) is 7.93. The van der Waals surface area contributed by atoms with Gasteiger partial charge in [0.1, 0.15) is 0 Å². The maximum absolute atomic E-state index is 13.2. The topological polar surface area (TPSA) is 103 Å². The van der Waals surface area contributed by atoms with E-state index in [1.807, 2.05) is 9.80 Å². The predicted octanol–water partition coefficient (Wildman–Crippen LogP) is 2.92. The molecule has 204 valence electrons. The van der Waals surface area contributed by atoms with Gasteiger partial charge in [-0.05, 0) is 62.1 Å². The second-order valence-electron chi connectivity index (χ2n) is 10.6. The van der Waals surface area contributed by atoms with Crippen LogP contribution in [0.1, 0.15) is 36.0 Å². The molecule has 1 aromatic carbocycles. The third-order valence-electron chi connectivity index (χ3n) is 8.04. The van der Waals surface area contributed by atoms with Gasteiger partial charge < -0.3 is 15.1 Å². The highest BCUT2D eigenvalue weighted by molar-refractivity contribution is 7.91. The van der Waals surface area contributed by atoms with E-state index in [2.05, 4.69) is 15.2 Å². The molecular formula is C27H34ClN5O4S. The molecule has 0 bridgehead atoms.